The molecule has 1 aliphatic rings. The maximum absolute atomic E-state index is 11.2. The molecule has 0 aromatic heterocycles. The lowest BCUT2D eigenvalue weighted by Crippen LogP contribution is -2.33. The molecule has 1 fully saturated rings. The molecule has 1 atom stereocenters. The zero-order chi connectivity index (χ0) is 9.68. The molecule has 1 amide bonds. The van der Waals surface area contributed by atoms with Gasteiger partial charge in [-0.2, -0.15) is 0 Å². The predicted octanol–water partition coefficient (Wildman–Crippen LogP) is 0.641. The normalized spacial score (nSPS) is 23.4. The minimum Gasteiger partial charge on any atom is -0.445 e. The van der Waals surface area contributed by atoms with Gasteiger partial charge in [-0.05, 0) is 25.8 Å². The van der Waals surface area contributed by atoms with Crippen LogP contribution in [0, 0.1) is 6.42 Å². The maximum atomic E-state index is 11.2. The minimum atomic E-state index is -0.262. The van der Waals surface area contributed by atoms with Crippen LogP contribution in [0.15, 0.2) is 0 Å². The average molecular weight is 185 g/mol. The number of carbonyl (C=O) groups excluding carboxylic acids is 1. The van der Waals surface area contributed by atoms with Crippen LogP contribution in [-0.4, -0.2) is 44.3 Å². The standard InChI is InChI=1S/C9H17N2O2/c1-11(2)9(12)13-8-5-3-4-6-10-7-8/h3,8,10H,4-7H2,1-2H3. The summed E-state index contributed by atoms with van der Waals surface area (Å²) in [5.41, 5.74) is 0. The van der Waals surface area contributed by atoms with Crippen molar-refractivity contribution in [2.45, 2.75) is 18.9 Å². The van der Waals surface area contributed by atoms with Gasteiger partial charge in [0, 0.05) is 20.6 Å². The van der Waals surface area contributed by atoms with Crippen molar-refractivity contribution in [3.05, 3.63) is 6.42 Å². The Kier molecular flexibility index (Phi) is 4.02. The van der Waals surface area contributed by atoms with Gasteiger partial charge in [0.1, 0.15) is 6.10 Å². The highest BCUT2D eigenvalue weighted by atomic mass is 16.6. The molecule has 75 valence electrons. The van der Waals surface area contributed by atoms with Gasteiger partial charge in [0.05, 0.1) is 0 Å². The third kappa shape index (κ3) is 3.63. The van der Waals surface area contributed by atoms with E-state index in [9.17, 15) is 4.79 Å². The second-order valence-electron chi connectivity index (χ2n) is 3.42. The smallest absolute Gasteiger partial charge is 0.409 e. The van der Waals surface area contributed by atoms with Crippen molar-refractivity contribution in [1.82, 2.24) is 10.2 Å². The Hall–Kier alpha value is -0.770. The highest BCUT2D eigenvalue weighted by molar-refractivity contribution is 5.67. The molecule has 1 saturated heterocycles. The minimum absolute atomic E-state index is 0.00241. The molecular weight excluding hydrogens is 168 g/mol. The van der Waals surface area contributed by atoms with E-state index in [1.54, 1.807) is 14.1 Å². The van der Waals surface area contributed by atoms with Crippen molar-refractivity contribution >= 4 is 6.09 Å². The van der Waals surface area contributed by atoms with Crippen LogP contribution in [0.25, 0.3) is 0 Å². The van der Waals surface area contributed by atoms with Gasteiger partial charge in [-0.15, -0.1) is 0 Å². The Labute approximate surface area is 79.2 Å². The number of ether oxygens (including phenoxy) is 1. The van der Waals surface area contributed by atoms with Crippen LogP contribution in [0.4, 0.5) is 4.79 Å². The summed E-state index contributed by atoms with van der Waals surface area (Å²) in [6.07, 6.45) is 3.80. The lowest BCUT2D eigenvalue weighted by molar-refractivity contribution is 0.0759. The van der Waals surface area contributed by atoms with Gasteiger partial charge in [-0.1, -0.05) is 0 Å². The Balaban J connectivity index is 2.29. The van der Waals surface area contributed by atoms with Crippen molar-refractivity contribution in [2.75, 3.05) is 27.2 Å². The van der Waals surface area contributed by atoms with Crippen LogP contribution in [0.2, 0.25) is 0 Å². The summed E-state index contributed by atoms with van der Waals surface area (Å²) in [5, 5.41) is 3.21. The first-order valence-electron chi connectivity index (χ1n) is 4.60. The quantitative estimate of drug-likeness (QED) is 0.652. The Morgan fingerprint density at radius 1 is 1.62 bits per heavy atom. The third-order valence-corrected chi connectivity index (χ3v) is 1.96. The second kappa shape index (κ2) is 5.07. The average Bonchev–Trinajstić information content (AvgIpc) is 2.32. The Bertz CT molecular complexity index is 163. The van der Waals surface area contributed by atoms with Crippen LogP contribution in [0.3, 0.4) is 0 Å². The summed E-state index contributed by atoms with van der Waals surface area (Å²) in [6.45, 7) is 1.74. The van der Waals surface area contributed by atoms with Gasteiger partial charge in [-0.3, -0.25) is 0 Å². The number of rotatable bonds is 1. The molecular formula is C9H17N2O2. The first-order chi connectivity index (χ1) is 6.20. The highest BCUT2D eigenvalue weighted by Crippen LogP contribution is 2.07. The van der Waals surface area contributed by atoms with E-state index in [4.69, 9.17) is 4.74 Å². The van der Waals surface area contributed by atoms with Gasteiger partial charge in [-0.25, -0.2) is 4.79 Å². The molecule has 0 aromatic carbocycles. The van der Waals surface area contributed by atoms with Crippen LogP contribution in [-0.2, 0) is 4.74 Å². The summed E-state index contributed by atoms with van der Waals surface area (Å²) >= 11 is 0. The van der Waals surface area contributed by atoms with E-state index >= 15 is 0 Å². The van der Waals surface area contributed by atoms with Gasteiger partial charge in [0.25, 0.3) is 0 Å². The molecule has 0 saturated carbocycles. The topological polar surface area (TPSA) is 41.6 Å². The van der Waals surface area contributed by atoms with E-state index in [0.717, 1.165) is 25.9 Å². The molecule has 0 aromatic rings. The molecule has 1 aliphatic heterocycles. The van der Waals surface area contributed by atoms with Crippen LogP contribution >= 0.6 is 0 Å². The molecule has 1 unspecified atom stereocenters. The number of hydrogen-bond acceptors (Lipinski definition) is 3. The van der Waals surface area contributed by atoms with E-state index in [1.165, 1.54) is 4.90 Å². The predicted molar refractivity (Wildman–Crippen MR) is 50.4 cm³/mol. The van der Waals surface area contributed by atoms with Crippen molar-refractivity contribution < 1.29 is 9.53 Å². The SMILES string of the molecule is CN(C)C(=O)OC1C[CH]CCNC1. The Morgan fingerprint density at radius 3 is 3.08 bits per heavy atom. The molecule has 13 heavy (non-hydrogen) atoms. The largest absolute Gasteiger partial charge is 0.445 e. The monoisotopic (exact) mass is 185 g/mol. The van der Waals surface area contributed by atoms with E-state index < -0.39 is 0 Å². The third-order valence-electron chi connectivity index (χ3n) is 1.96. The van der Waals surface area contributed by atoms with Crippen LogP contribution in [0.1, 0.15) is 12.8 Å². The summed E-state index contributed by atoms with van der Waals surface area (Å²) in [5.74, 6) is 0. The first kappa shape index (κ1) is 10.3. The van der Waals surface area contributed by atoms with E-state index in [2.05, 4.69) is 11.7 Å². The number of hydrogen-bond donors (Lipinski definition) is 1. The fraction of sp³-hybridized carbons (Fsp3) is 0.778. The van der Waals surface area contributed by atoms with E-state index in [0.29, 0.717) is 0 Å². The van der Waals surface area contributed by atoms with Crippen molar-refractivity contribution in [3.63, 3.8) is 0 Å². The molecule has 1 heterocycles. The maximum Gasteiger partial charge on any atom is 0.409 e. The van der Waals surface area contributed by atoms with Gasteiger partial charge in [0.15, 0.2) is 0 Å². The highest BCUT2D eigenvalue weighted by Gasteiger charge is 2.16. The van der Waals surface area contributed by atoms with Gasteiger partial charge >= 0.3 is 6.09 Å². The van der Waals surface area contributed by atoms with E-state index in [-0.39, 0.29) is 12.2 Å². The first-order valence-corrected chi connectivity index (χ1v) is 4.60. The van der Waals surface area contributed by atoms with Crippen LogP contribution < -0.4 is 5.32 Å². The van der Waals surface area contributed by atoms with Crippen molar-refractivity contribution in [1.29, 1.82) is 0 Å². The fourth-order valence-electron chi connectivity index (χ4n) is 1.19. The van der Waals surface area contributed by atoms with Crippen LogP contribution in [0.5, 0.6) is 0 Å². The molecule has 1 N–H and O–H groups in total. The number of amides is 1. The molecule has 1 rings (SSSR count). The van der Waals surface area contributed by atoms with Gasteiger partial charge in [0.2, 0.25) is 0 Å². The summed E-state index contributed by atoms with van der Waals surface area (Å²) in [7, 11) is 3.38. The molecule has 0 aliphatic carbocycles. The molecule has 4 heteroatoms. The number of carbonyl (C=O) groups is 1. The van der Waals surface area contributed by atoms with E-state index in [1.807, 2.05) is 0 Å². The van der Waals surface area contributed by atoms with Gasteiger partial charge < -0.3 is 15.0 Å². The number of nitrogens with one attached hydrogen (secondary N) is 1. The number of nitrogens with zero attached hydrogens (tertiary/aromatic N) is 1. The van der Waals surface area contributed by atoms with Crippen molar-refractivity contribution in [2.24, 2.45) is 0 Å². The lowest BCUT2D eigenvalue weighted by Gasteiger charge is -2.18. The summed E-state index contributed by atoms with van der Waals surface area (Å²) in [4.78, 5) is 12.6. The van der Waals surface area contributed by atoms with Crippen molar-refractivity contribution in [3.8, 4) is 0 Å². The summed E-state index contributed by atoms with van der Waals surface area (Å²) < 4.78 is 5.23. The molecule has 1 radical (unpaired) electrons. The molecule has 0 bridgehead atoms. The lowest BCUT2D eigenvalue weighted by atomic mass is 10.2. The summed E-state index contributed by atoms with van der Waals surface area (Å²) in [6, 6.07) is 0. The zero-order valence-electron chi connectivity index (χ0n) is 8.25. The molecule has 4 nitrogen and oxygen atoms in total. The second-order valence-corrected chi connectivity index (χ2v) is 3.42. The molecule has 0 spiro atoms. The fourth-order valence-corrected chi connectivity index (χ4v) is 1.19. The zero-order valence-corrected chi connectivity index (χ0v) is 8.25. The Morgan fingerprint density at radius 2 is 2.38 bits per heavy atom.